The van der Waals surface area contributed by atoms with Gasteiger partial charge >= 0.3 is 0 Å². The van der Waals surface area contributed by atoms with Gasteiger partial charge in [-0.05, 0) is 61.2 Å². The molecule has 5 heteroatoms. The Hall–Kier alpha value is -1.15. The molecule has 7 atom stereocenters. The van der Waals surface area contributed by atoms with Crippen molar-refractivity contribution < 1.29 is 9.18 Å². The third-order valence-corrected chi connectivity index (χ3v) is 7.59. The highest BCUT2D eigenvalue weighted by Gasteiger charge is 2.60. The number of halogens is 1. The fraction of sp³-hybridized carbons (Fsp3) is 0.895. The molecule has 4 bridgehead atoms. The van der Waals surface area contributed by atoms with Crippen molar-refractivity contribution in [1.29, 1.82) is 5.26 Å². The average molecular weight is 333 g/mol. The van der Waals surface area contributed by atoms with Gasteiger partial charge in [0.05, 0.1) is 18.7 Å². The van der Waals surface area contributed by atoms with Crippen LogP contribution in [0.2, 0.25) is 0 Å². The number of carbonyl (C=O) groups is 1. The van der Waals surface area contributed by atoms with Gasteiger partial charge in [0.25, 0.3) is 0 Å². The van der Waals surface area contributed by atoms with Crippen molar-refractivity contribution in [2.24, 2.45) is 28.4 Å². The SMILES string of the molecule is CCC12C[C@H]3C[C@@H](C1)CC([C@H](N)C(=O)N1C[C@@H](F)C[C@H]1C#N)(C3)C2. The predicted molar refractivity (Wildman–Crippen MR) is 88.4 cm³/mol. The Balaban J connectivity index is 1.59. The monoisotopic (exact) mass is 333 g/mol. The maximum atomic E-state index is 13.7. The van der Waals surface area contributed by atoms with E-state index in [2.05, 4.69) is 13.0 Å². The molecule has 2 N–H and O–H groups in total. The van der Waals surface area contributed by atoms with Crippen LogP contribution in [-0.2, 0) is 4.79 Å². The minimum Gasteiger partial charge on any atom is -0.322 e. The van der Waals surface area contributed by atoms with Gasteiger partial charge in [0.2, 0.25) is 5.91 Å². The molecule has 1 aliphatic heterocycles. The summed E-state index contributed by atoms with van der Waals surface area (Å²) in [5.74, 6) is 1.21. The van der Waals surface area contributed by atoms with Crippen LogP contribution in [0.3, 0.4) is 0 Å². The molecule has 4 saturated carbocycles. The van der Waals surface area contributed by atoms with Crippen LogP contribution in [0, 0.1) is 34.0 Å². The summed E-state index contributed by atoms with van der Waals surface area (Å²) in [5.41, 5.74) is 6.79. The molecule has 132 valence electrons. The number of nitriles is 1. The topological polar surface area (TPSA) is 70.1 Å². The predicted octanol–water partition coefficient (Wildman–Crippen LogP) is 2.77. The van der Waals surface area contributed by atoms with E-state index in [0.717, 1.165) is 19.3 Å². The van der Waals surface area contributed by atoms with Gasteiger partial charge in [-0.25, -0.2) is 4.39 Å². The zero-order valence-electron chi connectivity index (χ0n) is 14.5. The fourth-order valence-corrected chi connectivity index (χ4v) is 6.89. The molecule has 0 aromatic rings. The molecule has 1 amide bonds. The lowest BCUT2D eigenvalue weighted by Gasteiger charge is -2.63. The second kappa shape index (κ2) is 5.42. The molecule has 0 aromatic carbocycles. The van der Waals surface area contributed by atoms with Crippen LogP contribution < -0.4 is 5.73 Å². The van der Waals surface area contributed by atoms with E-state index in [0.29, 0.717) is 17.3 Å². The number of rotatable bonds is 3. The van der Waals surface area contributed by atoms with E-state index in [1.54, 1.807) is 0 Å². The molecular weight excluding hydrogens is 305 g/mol. The summed E-state index contributed by atoms with van der Waals surface area (Å²) in [6.07, 6.45) is 7.21. The molecule has 5 rings (SSSR count). The Bertz CT molecular complexity index is 572. The summed E-state index contributed by atoms with van der Waals surface area (Å²) < 4.78 is 13.7. The Morgan fingerprint density at radius 1 is 1.33 bits per heavy atom. The number of hydrogen-bond donors (Lipinski definition) is 1. The second-order valence-corrected chi connectivity index (χ2v) is 9.12. The normalized spacial score (nSPS) is 47.7. The number of alkyl halides is 1. The summed E-state index contributed by atoms with van der Waals surface area (Å²) >= 11 is 0. The van der Waals surface area contributed by atoms with Gasteiger partial charge in [-0.2, -0.15) is 5.26 Å². The first kappa shape index (κ1) is 16.3. The maximum Gasteiger partial charge on any atom is 0.241 e. The number of nitrogens with zero attached hydrogens (tertiary/aromatic N) is 2. The molecule has 4 nitrogen and oxygen atoms in total. The number of nitrogens with two attached hydrogens (primary N) is 1. The summed E-state index contributed by atoms with van der Waals surface area (Å²) in [5, 5.41) is 9.25. The molecular formula is C19H28FN3O. The lowest BCUT2D eigenvalue weighted by molar-refractivity contribution is -0.152. The van der Waals surface area contributed by atoms with E-state index in [1.807, 2.05) is 0 Å². The Labute approximate surface area is 143 Å². The van der Waals surface area contributed by atoms with Gasteiger partial charge < -0.3 is 10.6 Å². The zero-order valence-corrected chi connectivity index (χ0v) is 14.5. The Morgan fingerprint density at radius 2 is 2.00 bits per heavy atom. The van der Waals surface area contributed by atoms with Gasteiger partial charge in [-0.15, -0.1) is 0 Å². The van der Waals surface area contributed by atoms with E-state index in [9.17, 15) is 14.4 Å². The van der Waals surface area contributed by atoms with Crippen LogP contribution in [-0.4, -0.2) is 35.6 Å². The van der Waals surface area contributed by atoms with Crippen LogP contribution in [0.1, 0.15) is 58.3 Å². The first-order valence-electron chi connectivity index (χ1n) is 9.50. The van der Waals surface area contributed by atoms with Crippen LogP contribution in [0.5, 0.6) is 0 Å². The summed E-state index contributed by atoms with van der Waals surface area (Å²) in [6, 6.07) is 0.863. The highest BCUT2D eigenvalue weighted by Crippen LogP contribution is 2.67. The van der Waals surface area contributed by atoms with Gasteiger partial charge in [-0.3, -0.25) is 4.79 Å². The third kappa shape index (κ3) is 2.29. The number of carbonyl (C=O) groups excluding carboxylic acids is 1. The van der Waals surface area contributed by atoms with E-state index >= 15 is 0 Å². The van der Waals surface area contributed by atoms with Gasteiger partial charge in [-0.1, -0.05) is 13.3 Å². The van der Waals surface area contributed by atoms with Crippen molar-refractivity contribution in [3.8, 4) is 6.07 Å². The number of hydrogen-bond acceptors (Lipinski definition) is 3. The van der Waals surface area contributed by atoms with Crippen LogP contribution >= 0.6 is 0 Å². The standard InChI is InChI=1S/C19H28FN3O/c1-2-18-5-12-3-13(6-18)8-19(7-12,11-18)16(22)17(24)23-10-14(20)4-15(23)9-21/h12-16H,2-8,10-11,22H2,1H3/t12-,13+,14-,15-,16+,18?,19?/m0/s1. The van der Waals surface area contributed by atoms with E-state index in [4.69, 9.17) is 5.73 Å². The average Bonchev–Trinajstić information content (AvgIpc) is 2.93. The second-order valence-electron chi connectivity index (χ2n) is 9.12. The molecule has 2 unspecified atom stereocenters. The van der Waals surface area contributed by atoms with Crippen molar-refractivity contribution >= 4 is 5.91 Å². The van der Waals surface area contributed by atoms with Crippen molar-refractivity contribution in [2.75, 3.05) is 6.54 Å². The smallest absolute Gasteiger partial charge is 0.241 e. The van der Waals surface area contributed by atoms with Gasteiger partial charge in [0.15, 0.2) is 0 Å². The van der Waals surface area contributed by atoms with Crippen molar-refractivity contribution in [1.82, 2.24) is 4.90 Å². The van der Waals surface area contributed by atoms with Crippen LogP contribution in [0.4, 0.5) is 4.39 Å². The molecule has 24 heavy (non-hydrogen) atoms. The fourth-order valence-electron chi connectivity index (χ4n) is 6.89. The molecule has 1 heterocycles. The highest BCUT2D eigenvalue weighted by atomic mass is 19.1. The van der Waals surface area contributed by atoms with E-state index < -0.39 is 18.3 Å². The lowest BCUT2D eigenvalue weighted by Crippen LogP contribution is -2.62. The minimum absolute atomic E-state index is 0.0343. The lowest BCUT2D eigenvalue weighted by atomic mass is 9.42. The molecule has 4 aliphatic carbocycles. The molecule has 5 fully saturated rings. The molecule has 1 saturated heterocycles. The van der Waals surface area contributed by atoms with Crippen molar-refractivity contribution in [3.63, 3.8) is 0 Å². The Morgan fingerprint density at radius 3 is 2.58 bits per heavy atom. The van der Waals surface area contributed by atoms with Gasteiger partial charge in [0, 0.05) is 6.42 Å². The van der Waals surface area contributed by atoms with Crippen LogP contribution in [0.15, 0.2) is 0 Å². The molecule has 0 spiro atoms. The summed E-state index contributed by atoms with van der Waals surface area (Å²) in [6.45, 7) is 2.31. The summed E-state index contributed by atoms with van der Waals surface area (Å²) in [7, 11) is 0. The number of amides is 1. The third-order valence-electron chi connectivity index (χ3n) is 7.59. The largest absolute Gasteiger partial charge is 0.322 e. The van der Waals surface area contributed by atoms with Crippen LogP contribution in [0.25, 0.3) is 0 Å². The van der Waals surface area contributed by atoms with Gasteiger partial charge in [0.1, 0.15) is 12.2 Å². The minimum atomic E-state index is -1.09. The number of likely N-dealkylation sites (tertiary alicyclic amines) is 1. The first-order valence-corrected chi connectivity index (χ1v) is 9.50. The van der Waals surface area contributed by atoms with E-state index in [-0.39, 0.29) is 24.3 Å². The molecule has 0 radical (unpaired) electrons. The first-order chi connectivity index (χ1) is 11.4. The molecule has 5 aliphatic rings. The quantitative estimate of drug-likeness (QED) is 0.863. The summed E-state index contributed by atoms with van der Waals surface area (Å²) in [4.78, 5) is 14.5. The van der Waals surface area contributed by atoms with E-state index in [1.165, 1.54) is 30.6 Å². The zero-order chi connectivity index (χ0) is 17.1. The highest BCUT2D eigenvalue weighted by molar-refractivity contribution is 5.83. The van der Waals surface area contributed by atoms with Crippen molar-refractivity contribution in [3.05, 3.63) is 0 Å². The Kier molecular flexibility index (Phi) is 3.69. The van der Waals surface area contributed by atoms with Crippen molar-refractivity contribution in [2.45, 2.75) is 76.5 Å². The maximum absolute atomic E-state index is 13.7. The molecule has 0 aromatic heterocycles.